The van der Waals surface area contributed by atoms with E-state index >= 15 is 0 Å². The highest BCUT2D eigenvalue weighted by molar-refractivity contribution is 5.29. The number of nitrogens with two attached hydrogens (primary N) is 1. The number of anilines is 1. The molecule has 4 heteroatoms. The number of aryl methyl sites for hydroxylation is 1. The van der Waals surface area contributed by atoms with Gasteiger partial charge in [-0.3, -0.25) is 4.90 Å². The Labute approximate surface area is 97.9 Å². The van der Waals surface area contributed by atoms with Gasteiger partial charge in [-0.2, -0.15) is 0 Å². The third kappa shape index (κ3) is 4.14. The molecule has 0 fully saturated rings. The molecule has 0 saturated carbocycles. The van der Waals surface area contributed by atoms with Crippen LogP contribution in [-0.4, -0.2) is 28.0 Å². The molecule has 0 radical (unpaired) electrons. The van der Waals surface area contributed by atoms with Gasteiger partial charge in [-0.05, 0) is 19.4 Å². The molecule has 0 bridgehead atoms. The van der Waals surface area contributed by atoms with Gasteiger partial charge in [0.1, 0.15) is 11.6 Å². The van der Waals surface area contributed by atoms with Gasteiger partial charge in [0.05, 0.1) is 6.54 Å². The van der Waals surface area contributed by atoms with Crippen molar-refractivity contribution in [3.05, 3.63) is 17.6 Å². The van der Waals surface area contributed by atoms with E-state index in [1.54, 1.807) is 6.07 Å². The third-order valence-corrected chi connectivity index (χ3v) is 2.36. The number of rotatable bonds is 5. The van der Waals surface area contributed by atoms with Crippen molar-refractivity contribution in [2.45, 2.75) is 34.2 Å². The van der Waals surface area contributed by atoms with Crippen molar-refractivity contribution >= 4 is 5.82 Å². The van der Waals surface area contributed by atoms with Gasteiger partial charge < -0.3 is 5.73 Å². The number of nitrogen functional groups attached to an aromatic ring is 1. The fraction of sp³-hybridized carbons (Fsp3) is 0.667. The molecule has 1 aromatic heterocycles. The Hall–Kier alpha value is -1.16. The Balaban J connectivity index is 2.69. The van der Waals surface area contributed by atoms with Gasteiger partial charge in [-0.15, -0.1) is 0 Å². The zero-order valence-corrected chi connectivity index (χ0v) is 10.7. The van der Waals surface area contributed by atoms with Crippen LogP contribution in [0.5, 0.6) is 0 Å². The predicted molar refractivity (Wildman–Crippen MR) is 67.0 cm³/mol. The fourth-order valence-electron chi connectivity index (χ4n) is 1.75. The van der Waals surface area contributed by atoms with E-state index in [2.05, 4.69) is 35.6 Å². The average Bonchev–Trinajstić information content (AvgIpc) is 2.14. The summed E-state index contributed by atoms with van der Waals surface area (Å²) in [6, 6.07) is 1.79. The van der Waals surface area contributed by atoms with Crippen LogP contribution in [0.1, 0.15) is 32.3 Å². The lowest BCUT2D eigenvalue weighted by molar-refractivity contribution is 0.242. The molecule has 2 N–H and O–H groups in total. The quantitative estimate of drug-likeness (QED) is 0.826. The first kappa shape index (κ1) is 12.9. The monoisotopic (exact) mass is 222 g/mol. The third-order valence-electron chi connectivity index (χ3n) is 2.36. The zero-order valence-electron chi connectivity index (χ0n) is 10.7. The number of aromatic nitrogens is 2. The number of nitrogens with zero attached hydrogens (tertiary/aromatic N) is 3. The van der Waals surface area contributed by atoms with Crippen LogP contribution in [0.15, 0.2) is 6.07 Å². The largest absolute Gasteiger partial charge is 0.384 e. The summed E-state index contributed by atoms with van der Waals surface area (Å²) in [6.07, 6.45) is 0. The van der Waals surface area contributed by atoms with E-state index in [1.165, 1.54) is 0 Å². The summed E-state index contributed by atoms with van der Waals surface area (Å²) in [6.45, 7) is 11.4. The van der Waals surface area contributed by atoms with Crippen LogP contribution in [0.2, 0.25) is 0 Å². The van der Waals surface area contributed by atoms with Crippen LogP contribution in [0.4, 0.5) is 5.82 Å². The SMILES string of the molecule is CCN(Cc1nc(C)cc(N)n1)CC(C)C. The Bertz CT molecular complexity index is 316. The van der Waals surface area contributed by atoms with Crippen LogP contribution in [0, 0.1) is 12.8 Å². The van der Waals surface area contributed by atoms with Crippen molar-refractivity contribution in [3.8, 4) is 0 Å². The lowest BCUT2D eigenvalue weighted by Crippen LogP contribution is -2.28. The fourth-order valence-corrected chi connectivity index (χ4v) is 1.75. The molecule has 0 aliphatic carbocycles. The maximum Gasteiger partial charge on any atom is 0.144 e. The predicted octanol–water partition coefficient (Wildman–Crippen LogP) is 1.85. The van der Waals surface area contributed by atoms with Gasteiger partial charge in [0.2, 0.25) is 0 Å². The van der Waals surface area contributed by atoms with Crippen molar-refractivity contribution < 1.29 is 0 Å². The first-order chi connectivity index (χ1) is 7.51. The molecule has 0 atom stereocenters. The average molecular weight is 222 g/mol. The molecule has 0 amide bonds. The normalized spacial score (nSPS) is 11.4. The van der Waals surface area contributed by atoms with E-state index in [9.17, 15) is 0 Å². The Kier molecular flexibility index (Phi) is 4.68. The van der Waals surface area contributed by atoms with Crippen molar-refractivity contribution in [3.63, 3.8) is 0 Å². The van der Waals surface area contributed by atoms with E-state index in [1.807, 2.05) is 6.92 Å². The van der Waals surface area contributed by atoms with E-state index in [0.29, 0.717) is 11.7 Å². The summed E-state index contributed by atoms with van der Waals surface area (Å²) in [4.78, 5) is 11.0. The minimum Gasteiger partial charge on any atom is -0.384 e. The van der Waals surface area contributed by atoms with Crippen molar-refractivity contribution in [2.75, 3.05) is 18.8 Å². The number of hydrogen-bond acceptors (Lipinski definition) is 4. The molecule has 1 heterocycles. The van der Waals surface area contributed by atoms with Crippen molar-refractivity contribution in [2.24, 2.45) is 5.92 Å². The summed E-state index contributed by atoms with van der Waals surface area (Å²) in [5.74, 6) is 2.03. The first-order valence-corrected chi connectivity index (χ1v) is 5.83. The molecule has 90 valence electrons. The second-order valence-electron chi connectivity index (χ2n) is 4.57. The molecule has 1 aromatic rings. The Morgan fingerprint density at radius 3 is 2.56 bits per heavy atom. The molecule has 0 spiro atoms. The van der Waals surface area contributed by atoms with E-state index in [0.717, 1.165) is 31.2 Å². The van der Waals surface area contributed by atoms with Crippen molar-refractivity contribution in [1.29, 1.82) is 0 Å². The van der Waals surface area contributed by atoms with E-state index in [-0.39, 0.29) is 0 Å². The van der Waals surface area contributed by atoms with E-state index < -0.39 is 0 Å². The highest BCUT2D eigenvalue weighted by Crippen LogP contribution is 2.06. The topological polar surface area (TPSA) is 55.0 Å². The molecule has 0 saturated heterocycles. The Morgan fingerprint density at radius 2 is 2.06 bits per heavy atom. The summed E-state index contributed by atoms with van der Waals surface area (Å²) in [5.41, 5.74) is 6.64. The second kappa shape index (κ2) is 5.80. The lowest BCUT2D eigenvalue weighted by Gasteiger charge is -2.21. The summed E-state index contributed by atoms with van der Waals surface area (Å²) in [5, 5.41) is 0. The molecular weight excluding hydrogens is 200 g/mol. The van der Waals surface area contributed by atoms with Gasteiger partial charge in [0.15, 0.2) is 0 Å². The van der Waals surface area contributed by atoms with Crippen molar-refractivity contribution in [1.82, 2.24) is 14.9 Å². The lowest BCUT2D eigenvalue weighted by atomic mass is 10.2. The van der Waals surface area contributed by atoms with E-state index in [4.69, 9.17) is 5.73 Å². The highest BCUT2D eigenvalue weighted by Gasteiger charge is 2.08. The smallest absolute Gasteiger partial charge is 0.144 e. The summed E-state index contributed by atoms with van der Waals surface area (Å²) >= 11 is 0. The van der Waals surface area contributed by atoms with Crippen LogP contribution >= 0.6 is 0 Å². The van der Waals surface area contributed by atoms with Crippen LogP contribution in [0.25, 0.3) is 0 Å². The zero-order chi connectivity index (χ0) is 12.1. The van der Waals surface area contributed by atoms with Gasteiger partial charge in [0, 0.05) is 18.3 Å². The van der Waals surface area contributed by atoms with Crippen LogP contribution in [0.3, 0.4) is 0 Å². The molecule has 1 rings (SSSR count). The van der Waals surface area contributed by atoms with Gasteiger partial charge in [0.25, 0.3) is 0 Å². The molecule has 0 aliphatic rings. The minimum atomic E-state index is 0.558. The first-order valence-electron chi connectivity index (χ1n) is 5.83. The molecule has 4 nitrogen and oxygen atoms in total. The standard InChI is InChI=1S/C12H22N4/c1-5-16(7-9(2)3)8-12-14-10(4)6-11(13)15-12/h6,9H,5,7-8H2,1-4H3,(H2,13,14,15). The van der Waals surface area contributed by atoms with Gasteiger partial charge in [-0.25, -0.2) is 9.97 Å². The molecule has 0 unspecified atom stereocenters. The van der Waals surface area contributed by atoms with Gasteiger partial charge >= 0.3 is 0 Å². The van der Waals surface area contributed by atoms with Gasteiger partial charge in [-0.1, -0.05) is 20.8 Å². The second-order valence-corrected chi connectivity index (χ2v) is 4.57. The summed E-state index contributed by atoms with van der Waals surface area (Å²) in [7, 11) is 0. The molecular formula is C12H22N4. The molecule has 0 aromatic carbocycles. The highest BCUT2D eigenvalue weighted by atomic mass is 15.1. The van der Waals surface area contributed by atoms with Crippen LogP contribution in [-0.2, 0) is 6.54 Å². The number of hydrogen-bond donors (Lipinski definition) is 1. The molecule has 16 heavy (non-hydrogen) atoms. The maximum absolute atomic E-state index is 5.71. The minimum absolute atomic E-state index is 0.558. The molecule has 0 aliphatic heterocycles. The Morgan fingerprint density at radius 1 is 1.38 bits per heavy atom. The maximum atomic E-state index is 5.71. The summed E-state index contributed by atoms with van der Waals surface area (Å²) < 4.78 is 0. The van der Waals surface area contributed by atoms with Crippen LogP contribution < -0.4 is 5.73 Å².